The van der Waals surface area contributed by atoms with Crippen molar-refractivity contribution in [3.8, 4) is 0 Å². The Morgan fingerprint density at radius 3 is 2.61 bits per heavy atom. The van der Waals surface area contributed by atoms with E-state index in [-0.39, 0.29) is 11.4 Å². The Hall–Kier alpha value is -3.22. The van der Waals surface area contributed by atoms with Gasteiger partial charge in [0.1, 0.15) is 11.5 Å². The molecule has 0 spiro atoms. The first-order chi connectivity index (χ1) is 11.1. The summed E-state index contributed by atoms with van der Waals surface area (Å²) in [7, 11) is 0. The first-order valence-corrected chi connectivity index (χ1v) is 7.05. The van der Waals surface area contributed by atoms with E-state index < -0.39 is 5.91 Å². The molecule has 0 radical (unpaired) electrons. The molecule has 0 aliphatic heterocycles. The molecule has 3 rings (SSSR count). The Kier molecular flexibility index (Phi) is 4.01. The van der Waals surface area contributed by atoms with E-state index in [1.165, 1.54) is 23.2 Å². The van der Waals surface area contributed by atoms with Crippen LogP contribution in [0.2, 0.25) is 0 Å². The van der Waals surface area contributed by atoms with Gasteiger partial charge in [0.25, 0.3) is 5.91 Å². The van der Waals surface area contributed by atoms with Crippen LogP contribution in [0.15, 0.2) is 53.7 Å². The zero-order valence-electron chi connectivity index (χ0n) is 12.5. The van der Waals surface area contributed by atoms with Gasteiger partial charge in [-0.1, -0.05) is 30.3 Å². The predicted molar refractivity (Wildman–Crippen MR) is 85.3 cm³/mol. The fourth-order valence-electron chi connectivity index (χ4n) is 2.16. The van der Waals surface area contributed by atoms with Crippen LogP contribution in [-0.2, 0) is 6.54 Å². The maximum absolute atomic E-state index is 12.4. The molecule has 0 fully saturated rings. The zero-order valence-corrected chi connectivity index (χ0v) is 12.5. The largest absolute Gasteiger partial charge is 0.326 e. The van der Waals surface area contributed by atoms with Crippen molar-refractivity contribution in [2.24, 2.45) is 0 Å². The maximum Gasteiger partial charge on any atom is 0.326 e. The lowest BCUT2D eigenvalue weighted by Crippen LogP contribution is -2.24. The number of aryl methyl sites for hydroxylation is 1. The average molecular weight is 309 g/mol. The lowest BCUT2D eigenvalue weighted by atomic mass is 10.2. The van der Waals surface area contributed by atoms with Crippen LogP contribution in [0.4, 0.5) is 5.69 Å². The van der Waals surface area contributed by atoms with E-state index in [4.69, 9.17) is 0 Å². The summed E-state index contributed by atoms with van der Waals surface area (Å²) in [4.78, 5) is 34.9. The number of carbonyl (C=O) groups is 1. The summed E-state index contributed by atoms with van der Waals surface area (Å²) in [5.41, 5.74) is 1.32. The third-order valence-corrected chi connectivity index (χ3v) is 3.32. The molecule has 116 valence electrons. The monoisotopic (exact) mass is 309 g/mol. The molecule has 7 heteroatoms. The Labute approximate surface area is 132 Å². The summed E-state index contributed by atoms with van der Waals surface area (Å²) in [6.45, 7) is 2.08. The van der Waals surface area contributed by atoms with E-state index in [2.05, 4.69) is 20.3 Å². The van der Waals surface area contributed by atoms with Crippen molar-refractivity contribution in [1.82, 2.24) is 19.5 Å². The Morgan fingerprint density at radius 1 is 1.22 bits per heavy atom. The molecule has 0 aliphatic carbocycles. The Balaban J connectivity index is 1.84. The molecule has 7 nitrogen and oxygen atoms in total. The summed E-state index contributed by atoms with van der Waals surface area (Å²) >= 11 is 0. The third-order valence-electron chi connectivity index (χ3n) is 3.32. The van der Waals surface area contributed by atoms with Crippen molar-refractivity contribution in [2.45, 2.75) is 13.5 Å². The van der Waals surface area contributed by atoms with Crippen LogP contribution in [0.1, 0.15) is 21.9 Å². The highest BCUT2D eigenvalue weighted by Gasteiger charge is 2.15. The highest BCUT2D eigenvalue weighted by Crippen LogP contribution is 2.08. The van der Waals surface area contributed by atoms with Crippen LogP contribution < -0.4 is 11.0 Å². The lowest BCUT2D eigenvalue weighted by molar-refractivity contribution is 0.101. The first-order valence-electron chi connectivity index (χ1n) is 7.05. The predicted octanol–water partition coefficient (Wildman–Crippen LogP) is 1.58. The topological polar surface area (TPSA) is 92.7 Å². The van der Waals surface area contributed by atoms with Gasteiger partial charge in [-0.05, 0) is 12.5 Å². The van der Waals surface area contributed by atoms with E-state index >= 15 is 0 Å². The van der Waals surface area contributed by atoms with Crippen LogP contribution in [0, 0.1) is 6.92 Å². The molecule has 0 saturated heterocycles. The van der Waals surface area contributed by atoms with Gasteiger partial charge < -0.3 is 10.3 Å². The van der Waals surface area contributed by atoms with Crippen molar-refractivity contribution >= 4 is 11.6 Å². The molecule has 3 aromatic rings. The second kappa shape index (κ2) is 6.27. The number of aromatic amines is 1. The van der Waals surface area contributed by atoms with E-state index in [1.807, 2.05) is 30.3 Å². The Morgan fingerprint density at radius 2 is 1.91 bits per heavy atom. The molecule has 0 aliphatic rings. The number of nitrogens with one attached hydrogen (secondary N) is 2. The molecule has 2 heterocycles. The fourth-order valence-corrected chi connectivity index (χ4v) is 2.16. The second-order valence-electron chi connectivity index (χ2n) is 5.02. The van der Waals surface area contributed by atoms with Gasteiger partial charge in [-0.15, -0.1) is 0 Å². The van der Waals surface area contributed by atoms with Crippen molar-refractivity contribution in [2.75, 3.05) is 5.32 Å². The van der Waals surface area contributed by atoms with Gasteiger partial charge in [-0.25, -0.2) is 14.8 Å². The van der Waals surface area contributed by atoms with Gasteiger partial charge in [0.15, 0.2) is 0 Å². The smallest absolute Gasteiger partial charge is 0.318 e. The molecule has 1 aromatic carbocycles. The van der Waals surface area contributed by atoms with Crippen LogP contribution in [0.25, 0.3) is 0 Å². The maximum atomic E-state index is 12.4. The quantitative estimate of drug-likeness (QED) is 0.765. The molecule has 0 unspecified atom stereocenters. The number of hydrogen-bond donors (Lipinski definition) is 2. The minimum Gasteiger partial charge on any atom is -0.318 e. The molecule has 0 saturated carbocycles. The summed E-state index contributed by atoms with van der Waals surface area (Å²) < 4.78 is 1.39. The number of hydrogen-bond acceptors (Lipinski definition) is 4. The number of amides is 1. The van der Waals surface area contributed by atoms with Gasteiger partial charge in [0, 0.05) is 6.20 Å². The molecule has 0 atom stereocenters. The van der Waals surface area contributed by atoms with Gasteiger partial charge in [-0.3, -0.25) is 9.36 Å². The molecule has 2 aromatic heterocycles. The highest BCUT2D eigenvalue weighted by atomic mass is 16.2. The van der Waals surface area contributed by atoms with Gasteiger partial charge >= 0.3 is 5.69 Å². The summed E-state index contributed by atoms with van der Waals surface area (Å²) in [6, 6.07) is 9.46. The lowest BCUT2D eigenvalue weighted by Gasteiger charge is -2.08. The van der Waals surface area contributed by atoms with Crippen molar-refractivity contribution in [1.29, 1.82) is 0 Å². The van der Waals surface area contributed by atoms with Crippen molar-refractivity contribution in [3.05, 3.63) is 76.5 Å². The van der Waals surface area contributed by atoms with Gasteiger partial charge in [0.2, 0.25) is 0 Å². The first kappa shape index (κ1) is 14.7. The fraction of sp³-hybridized carbons (Fsp3) is 0.125. The van der Waals surface area contributed by atoms with Crippen LogP contribution >= 0.6 is 0 Å². The van der Waals surface area contributed by atoms with E-state index in [0.29, 0.717) is 18.1 Å². The average Bonchev–Trinajstić information content (AvgIpc) is 2.92. The van der Waals surface area contributed by atoms with Crippen molar-refractivity contribution < 1.29 is 4.79 Å². The molecule has 2 N–H and O–H groups in total. The third kappa shape index (κ3) is 3.34. The standard InChI is InChI=1S/C16H15N5O2/c1-11-17-7-13(8-18-11)20-15(22)14-9-19-16(23)21(14)10-12-5-3-2-4-6-12/h2-9H,10H2,1H3,(H,19,23)(H,20,22). The van der Waals surface area contributed by atoms with E-state index in [1.54, 1.807) is 6.92 Å². The molecule has 1 amide bonds. The summed E-state index contributed by atoms with van der Waals surface area (Å²) in [6.07, 6.45) is 4.44. The van der Waals surface area contributed by atoms with Crippen molar-refractivity contribution in [3.63, 3.8) is 0 Å². The second-order valence-corrected chi connectivity index (χ2v) is 5.02. The SMILES string of the molecule is Cc1ncc(NC(=O)c2c[nH]c(=O)n2Cc2ccccc2)cn1. The number of imidazole rings is 1. The number of benzene rings is 1. The molecule has 23 heavy (non-hydrogen) atoms. The number of nitrogens with zero attached hydrogens (tertiary/aromatic N) is 3. The summed E-state index contributed by atoms with van der Waals surface area (Å²) in [5, 5.41) is 2.68. The van der Waals surface area contributed by atoms with Crippen LogP contribution in [0.5, 0.6) is 0 Å². The van der Waals surface area contributed by atoms with E-state index in [9.17, 15) is 9.59 Å². The number of aromatic nitrogens is 4. The van der Waals surface area contributed by atoms with Gasteiger partial charge in [0.05, 0.1) is 24.6 Å². The Bertz CT molecular complexity index is 865. The van der Waals surface area contributed by atoms with E-state index in [0.717, 1.165) is 5.56 Å². The molecular formula is C16H15N5O2. The number of rotatable bonds is 4. The highest BCUT2D eigenvalue weighted by molar-refractivity contribution is 6.02. The molecule has 0 bridgehead atoms. The minimum atomic E-state index is -0.397. The number of H-pyrrole nitrogens is 1. The molecular weight excluding hydrogens is 294 g/mol. The minimum absolute atomic E-state index is 0.249. The van der Waals surface area contributed by atoms with Crippen LogP contribution in [-0.4, -0.2) is 25.4 Å². The summed E-state index contributed by atoms with van der Waals surface area (Å²) in [5.74, 6) is 0.220. The number of carbonyl (C=O) groups excluding carboxylic acids is 1. The zero-order chi connectivity index (χ0) is 16.2. The van der Waals surface area contributed by atoms with Gasteiger partial charge in [-0.2, -0.15) is 0 Å². The van der Waals surface area contributed by atoms with Crippen LogP contribution in [0.3, 0.4) is 0 Å². The number of anilines is 1. The normalized spacial score (nSPS) is 10.5.